The van der Waals surface area contributed by atoms with Gasteiger partial charge in [-0.25, -0.2) is 4.68 Å². The number of hydrogen-bond donors (Lipinski definition) is 2. The fourth-order valence-electron chi connectivity index (χ4n) is 1.53. The molecule has 16 heavy (non-hydrogen) atoms. The van der Waals surface area contributed by atoms with E-state index in [1.54, 1.807) is 10.9 Å². The first-order valence-corrected chi connectivity index (χ1v) is 5.80. The minimum absolute atomic E-state index is 0.580. The zero-order valence-corrected chi connectivity index (χ0v) is 10.3. The number of rotatable bonds is 3. The summed E-state index contributed by atoms with van der Waals surface area (Å²) in [5.74, 6) is 0.660. The first-order valence-electron chi connectivity index (χ1n) is 5.00. The Labute approximate surface area is 102 Å². The van der Waals surface area contributed by atoms with E-state index >= 15 is 0 Å². The van der Waals surface area contributed by atoms with Crippen LogP contribution in [0.15, 0.2) is 34.9 Å². The Morgan fingerprint density at radius 1 is 1.25 bits per heavy atom. The van der Waals surface area contributed by atoms with Crippen molar-refractivity contribution in [1.29, 1.82) is 0 Å². The van der Waals surface area contributed by atoms with E-state index in [9.17, 15) is 0 Å². The minimum Gasteiger partial charge on any atom is -0.383 e. The van der Waals surface area contributed by atoms with Gasteiger partial charge in [0.2, 0.25) is 0 Å². The molecular formula is C11H13BrN4. The number of benzene rings is 1. The predicted octanol–water partition coefficient (Wildman–Crippen LogP) is 1.72. The molecule has 0 saturated heterocycles. The fraction of sp³-hybridized carbons (Fsp3) is 0.182. The molecule has 0 fully saturated rings. The van der Waals surface area contributed by atoms with E-state index < -0.39 is 0 Å². The van der Waals surface area contributed by atoms with Crippen LogP contribution < -0.4 is 11.5 Å². The van der Waals surface area contributed by atoms with Crippen LogP contribution in [-0.4, -0.2) is 16.3 Å². The zero-order valence-electron chi connectivity index (χ0n) is 8.73. The summed E-state index contributed by atoms with van der Waals surface area (Å²) in [4.78, 5) is 0. The van der Waals surface area contributed by atoms with Crippen LogP contribution in [0.2, 0.25) is 0 Å². The maximum atomic E-state index is 5.99. The van der Waals surface area contributed by atoms with Crippen LogP contribution in [0.5, 0.6) is 0 Å². The molecule has 0 saturated carbocycles. The van der Waals surface area contributed by atoms with Gasteiger partial charge in [-0.2, -0.15) is 5.10 Å². The maximum Gasteiger partial charge on any atom is 0.130 e. The van der Waals surface area contributed by atoms with E-state index in [1.165, 1.54) is 0 Å². The van der Waals surface area contributed by atoms with Crippen molar-refractivity contribution in [2.24, 2.45) is 5.73 Å². The Hall–Kier alpha value is -1.33. The molecule has 1 aromatic carbocycles. The third-order valence-electron chi connectivity index (χ3n) is 2.37. The summed E-state index contributed by atoms with van der Waals surface area (Å²) < 4.78 is 2.75. The standard InChI is InChI=1S/C11H13BrN4/c12-9-1-3-10(4-2-9)16-11(14)8(5-6-13)7-15-16/h1-4,7H,5-6,13-14H2. The molecule has 84 valence electrons. The Balaban J connectivity index is 2.37. The van der Waals surface area contributed by atoms with Crippen LogP contribution >= 0.6 is 15.9 Å². The van der Waals surface area contributed by atoms with Crippen LogP contribution in [0.3, 0.4) is 0 Å². The highest BCUT2D eigenvalue weighted by Crippen LogP contribution is 2.19. The van der Waals surface area contributed by atoms with Gasteiger partial charge in [-0.15, -0.1) is 0 Å². The van der Waals surface area contributed by atoms with Gasteiger partial charge >= 0.3 is 0 Å². The largest absolute Gasteiger partial charge is 0.383 e. The van der Waals surface area contributed by atoms with Crippen molar-refractivity contribution < 1.29 is 0 Å². The van der Waals surface area contributed by atoms with Crippen molar-refractivity contribution in [3.63, 3.8) is 0 Å². The van der Waals surface area contributed by atoms with Gasteiger partial charge in [-0.05, 0) is 37.2 Å². The number of nitrogens with two attached hydrogens (primary N) is 2. The highest BCUT2D eigenvalue weighted by Gasteiger charge is 2.07. The van der Waals surface area contributed by atoms with Gasteiger partial charge < -0.3 is 11.5 Å². The highest BCUT2D eigenvalue weighted by atomic mass is 79.9. The normalized spacial score (nSPS) is 10.6. The first-order chi connectivity index (χ1) is 7.72. The van der Waals surface area contributed by atoms with E-state index in [0.29, 0.717) is 12.4 Å². The Bertz CT molecular complexity index is 475. The number of halogens is 1. The predicted molar refractivity (Wildman–Crippen MR) is 68.4 cm³/mol. The molecule has 4 N–H and O–H groups in total. The second kappa shape index (κ2) is 4.67. The van der Waals surface area contributed by atoms with Crippen LogP contribution in [0.4, 0.5) is 5.82 Å². The van der Waals surface area contributed by atoms with Crippen molar-refractivity contribution in [3.05, 3.63) is 40.5 Å². The highest BCUT2D eigenvalue weighted by molar-refractivity contribution is 9.10. The lowest BCUT2D eigenvalue weighted by molar-refractivity contribution is 0.890. The molecule has 5 heteroatoms. The molecule has 0 bridgehead atoms. The summed E-state index contributed by atoms with van der Waals surface area (Å²) in [6.45, 7) is 0.580. The Morgan fingerprint density at radius 2 is 1.94 bits per heavy atom. The van der Waals surface area contributed by atoms with Crippen LogP contribution in [0.1, 0.15) is 5.56 Å². The van der Waals surface area contributed by atoms with E-state index in [-0.39, 0.29) is 0 Å². The first kappa shape index (κ1) is 11.2. The molecule has 0 atom stereocenters. The molecule has 0 radical (unpaired) electrons. The monoisotopic (exact) mass is 280 g/mol. The van der Waals surface area contributed by atoms with Crippen LogP contribution in [0.25, 0.3) is 5.69 Å². The number of nitrogen functional groups attached to an aromatic ring is 1. The third-order valence-corrected chi connectivity index (χ3v) is 2.90. The van der Waals surface area contributed by atoms with Crippen molar-refractivity contribution in [2.45, 2.75) is 6.42 Å². The van der Waals surface area contributed by atoms with Gasteiger partial charge in [0.25, 0.3) is 0 Å². The number of nitrogens with zero attached hydrogens (tertiary/aromatic N) is 2. The van der Waals surface area contributed by atoms with Gasteiger partial charge in [-0.1, -0.05) is 15.9 Å². The number of hydrogen-bond acceptors (Lipinski definition) is 3. The average Bonchev–Trinajstić information content (AvgIpc) is 2.63. The summed E-state index contributed by atoms with van der Waals surface area (Å²) in [7, 11) is 0. The SMILES string of the molecule is NCCc1cnn(-c2ccc(Br)cc2)c1N. The van der Waals surface area contributed by atoms with Gasteiger partial charge in [0, 0.05) is 10.0 Å². The molecule has 2 aromatic rings. The number of aromatic nitrogens is 2. The number of anilines is 1. The molecule has 0 spiro atoms. The molecule has 0 aliphatic rings. The molecule has 1 aromatic heterocycles. The molecule has 0 aliphatic heterocycles. The second-order valence-electron chi connectivity index (χ2n) is 3.48. The van der Waals surface area contributed by atoms with Gasteiger partial charge in [-0.3, -0.25) is 0 Å². The average molecular weight is 281 g/mol. The van der Waals surface area contributed by atoms with E-state index in [4.69, 9.17) is 11.5 Å². The van der Waals surface area contributed by atoms with Gasteiger partial charge in [0.1, 0.15) is 5.82 Å². The second-order valence-corrected chi connectivity index (χ2v) is 4.40. The summed E-state index contributed by atoms with van der Waals surface area (Å²) in [6, 6.07) is 7.83. The smallest absolute Gasteiger partial charge is 0.130 e. The Kier molecular flexibility index (Phi) is 3.26. The molecule has 1 heterocycles. The zero-order chi connectivity index (χ0) is 11.5. The summed E-state index contributed by atoms with van der Waals surface area (Å²) >= 11 is 3.39. The lowest BCUT2D eigenvalue weighted by atomic mass is 10.2. The van der Waals surface area contributed by atoms with Crippen LogP contribution in [-0.2, 0) is 6.42 Å². The van der Waals surface area contributed by atoms with E-state index in [2.05, 4.69) is 21.0 Å². The molecule has 0 aliphatic carbocycles. The summed E-state index contributed by atoms with van der Waals surface area (Å²) in [6.07, 6.45) is 2.52. The molecule has 2 rings (SSSR count). The topological polar surface area (TPSA) is 69.9 Å². The minimum atomic E-state index is 0.580. The van der Waals surface area contributed by atoms with Crippen molar-refractivity contribution in [2.75, 3.05) is 12.3 Å². The van der Waals surface area contributed by atoms with Crippen molar-refractivity contribution in [3.8, 4) is 5.69 Å². The molecule has 0 unspecified atom stereocenters. The Morgan fingerprint density at radius 3 is 2.56 bits per heavy atom. The molecular weight excluding hydrogens is 268 g/mol. The van der Waals surface area contributed by atoms with E-state index in [0.717, 1.165) is 22.1 Å². The molecule has 0 amide bonds. The van der Waals surface area contributed by atoms with Crippen molar-refractivity contribution >= 4 is 21.7 Å². The summed E-state index contributed by atoms with van der Waals surface area (Å²) in [5, 5.41) is 4.26. The fourth-order valence-corrected chi connectivity index (χ4v) is 1.79. The lowest BCUT2D eigenvalue weighted by Gasteiger charge is -2.04. The van der Waals surface area contributed by atoms with E-state index in [1.807, 2.05) is 24.3 Å². The maximum absolute atomic E-state index is 5.99. The van der Waals surface area contributed by atoms with Gasteiger partial charge in [0.15, 0.2) is 0 Å². The van der Waals surface area contributed by atoms with Crippen LogP contribution in [0, 0.1) is 0 Å². The van der Waals surface area contributed by atoms with Crippen molar-refractivity contribution in [1.82, 2.24) is 9.78 Å². The van der Waals surface area contributed by atoms with Gasteiger partial charge in [0.05, 0.1) is 11.9 Å². The lowest BCUT2D eigenvalue weighted by Crippen LogP contribution is -2.06. The summed E-state index contributed by atoms with van der Waals surface area (Å²) in [5.41, 5.74) is 13.4. The third kappa shape index (κ3) is 2.10. The molecule has 4 nitrogen and oxygen atoms in total. The quantitative estimate of drug-likeness (QED) is 0.900.